The Morgan fingerprint density at radius 2 is 1.79 bits per heavy atom. The molecule has 1 aliphatic rings. The molecule has 1 saturated heterocycles. The zero-order valence-electron chi connectivity index (χ0n) is 14.6. The number of amides is 2. The van der Waals surface area contributed by atoms with Gasteiger partial charge < -0.3 is 15.0 Å². The lowest BCUT2D eigenvalue weighted by atomic mass is 10.1. The molecule has 0 saturated carbocycles. The summed E-state index contributed by atoms with van der Waals surface area (Å²) in [5.41, 5.74) is 0.668. The van der Waals surface area contributed by atoms with Crippen molar-refractivity contribution in [1.29, 1.82) is 0 Å². The van der Waals surface area contributed by atoms with Crippen molar-refractivity contribution < 1.29 is 14.3 Å². The van der Waals surface area contributed by atoms with Gasteiger partial charge in [0.25, 0.3) is 5.91 Å². The van der Waals surface area contributed by atoms with Gasteiger partial charge in [0, 0.05) is 38.3 Å². The van der Waals surface area contributed by atoms with Crippen LogP contribution in [0.25, 0.3) is 0 Å². The van der Waals surface area contributed by atoms with Crippen LogP contribution >= 0.6 is 0 Å². The molecule has 132 valence electrons. The molecule has 1 heterocycles. The van der Waals surface area contributed by atoms with E-state index in [4.69, 9.17) is 4.74 Å². The summed E-state index contributed by atoms with van der Waals surface area (Å²) in [5.74, 6) is 0.841. The number of hydrogen-bond donors (Lipinski definition) is 1. The Bertz CT molecular complexity index is 537. The molecule has 0 aliphatic carbocycles. The van der Waals surface area contributed by atoms with Gasteiger partial charge in [-0.05, 0) is 30.7 Å². The number of rotatable bonds is 7. The van der Waals surface area contributed by atoms with Crippen LogP contribution in [0.4, 0.5) is 0 Å². The summed E-state index contributed by atoms with van der Waals surface area (Å²) in [5, 5.41) is 2.93. The second-order valence-corrected chi connectivity index (χ2v) is 6.00. The zero-order valence-corrected chi connectivity index (χ0v) is 14.6. The van der Waals surface area contributed by atoms with Crippen LogP contribution in [0.15, 0.2) is 24.3 Å². The van der Waals surface area contributed by atoms with E-state index < -0.39 is 0 Å². The first kappa shape index (κ1) is 18.3. The molecule has 0 unspecified atom stereocenters. The number of carbonyl (C=O) groups is 2. The molecule has 0 aromatic heterocycles. The number of unbranched alkanes of at least 4 members (excludes halogenated alkanes) is 1. The second kappa shape index (κ2) is 9.27. The van der Waals surface area contributed by atoms with Gasteiger partial charge in [0.15, 0.2) is 0 Å². The Morgan fingerprint density at radius 3 is 2.38 bits per heavy atom. The maximum absolute atomic E-state index is 12.5. The van der Waals surface area contributed by atoms with Crippen molar-refractivity contribution in [2.24, 2.45) is 0 Å². The number of ether oxygens (including phenoxy) is 1. The topological polar surface area (TPSA) is 61.9 Å². The maximum Gasteiger partial charge on any atom is 0.253 e. The van der Waals surface area contributed by atoms with Gasteiger partial charge in [-0.3, -0.25) is 14.5 Å². The van der Waals surface area contributed by atoms with E-state index in [0.29, 0.717) is 25.2 Å². The first-order chi connectivity index (χ1) is 11.6. The highest BCUT2D eigenvalue weighted by atomic mass is 16.5. The van der Waals surface area contributed by atoms with Gasteiger partial charge in [0.05, 0.1) is 13.7 Å². The highest BCUT2D eigenvalue weighted by molar-refractivity contribution is 5.94. The van der Waals surface area contributed by atoms with Crippen molar-refractivity contribution >= 4 is 11.8 Å². The summed E-state index contributed by atoms with van der Waals surface area (Å²) < 4.78 is 5.11. The third kappa shape index (κ3) is 5.23. The molecule has 1 N–H and O–H groups in total. The molecule has 1 aliphatic heterocycles. The van der Waals surface area contributed by atoms with E-state index in [1.54, 1.807) is 31.4 Å². The first-order valence-corrected chi connectivity index (χ1v) is 8.56. The predicted octanol–water partition coefficient (Wildman–Crippen LogP) is 1.37. The van der Waals surface area contributed by atoms with Crippen molar-refractivity contribution in [2.45, 2.75) is 19.8 Å². The number of piperazine rings is 1. The standard InChI is InChI=1S/C18H27N3O3/c1-3-4-9-19-17(22)14-20-10-12-21(13-11-20)18(23)15-5-7-16(24-2)8-6-15/h5-8H,3-4,9-14H2,1-2H3,(H,19,22). The lowest BCUT2D eigenvalue weighted by molar-refractivity contribution is -0.122. The molecule has 0 spiro atoms. The number of nitrogens with zero attached hydrogens (tertiary/aromatic N) is 2. The molecular weight excluding hydrogens is 306 g/mol. The van der Waals surface area contributed by atoms with E-state index >= 15 is 0 Å². The Balaban J connectivity index is 1.77. The van der Waals surface area contributed by atoms with Gasteiger partial charge in [-0.2, -0.15) is 0 Å². The number of hydrogen-bond acceptors (Lipinski definition) is 4. The number of benzene rings is 1. The third-order valence-corrected chi connectivity index (χ3v) is 4.22. The molecule has 6 nitrogen and oxygen atoms in total. The Kier molecular flexibility index (Phi) is 7.06. The fraction of sp³-hybridized carbons (Fsp3) is 0.556. The summed E-state index contributed by atoms with van der Waals surface area (Å²) in [6, 6.07) is 7.16. The summed E-state index contributed by atoms with van der Waals surface area (Å²) in [6.07, 6.45) is 2.09. The van der Waals surface area contributed by atoms with E-state index in [9.17, 15) is 9.59 Å². The number of nitrogens with one attached hydrogen (secondary N) is 1. The monoisotopic (exact) mass is 333 g/mol. The molecule has 1 aromatic carbocycles. The van der Waals surface area contributed by atoms with Crippen LogP contribution in [0.1, 0.15) is 30.1 Å². The SMILES string of the molecule is CCCCNC(=O)CN1CCN(C(=O)c2ccc(OC)cc2)CC1. The highest BCUT2D eigenvalue weighted by Gasteiger charge is 2.23. The van der Waals surface area contributed by atoms with E-state index in [0.717, 1.165) is 38.2 Å². The minimum atomic E-state index is 0.0321. The van der Waals surface area contributed by atoms with Crippen molar-refractivity contribution in [3.63, 3.8) is 0 Å². The van der Waals surface area contributed by atoms with Crippen molar-refractivity contribution in [3.05, 3.63) is 29.8 Å². The lowest BCUT2D eigenvalue weighted by Gasteiger charge is -2.34. The summed E-state index contributed by atoms with van der Waals surface area (Å²) >= 11 is 0. The van der Waals surface area contributed by atoms with E-state index in [1.807, 2.05) is 4.90 Å². The molecule has 1 fully saturated rings. The van der Waals surface area contributed by atoms with Crippen molar-refractivity contribution in [2.75, 3.05) is 46.4 Å². The molecular formula is C18H27N3O3. The minimum absolute atomic E-state index is 0.0321. The smallest absolute Gasteiger partial charge is 0.253 e. The van der Waals surface area contributed by atoms with Crippen LogP contribution in [0.5, 0.6) is 5.75 Å². The van der Waals surface area contributed by atoms with Crippen LogP contribution in [0.2, 0.25) is 0 Å². The average Bonchev–Trinajstić information content (AvgIpc) is 2.62. The van der Waals surface area contributed by atoms with Gasteiger partial charge in [-0.25, -0.2) is 0 Å². The molecule has 0 bridgehead atoms. The minimum Gasteiger partial charge on any atom is -0.497 e. The lowest BCUT2D eigenvalue weighted by Crippen LogP contribution is -2.51. The molecule has 0 atom stereocenters. The zero-order chi connectivity index (χ0) is 17.4. The summed E-state index contributed by atoms with van der Waals surface area (Å²) in [6.45, 7) is 6.00. The highest BCUT2D eigenvalue weighted by Crippen LogP contribution is 2.14. The van der Waals surface area contributed by atoms with E-state index in [2.05, 4.69) is 17.1 Å². The molecule has 24 heavy (non-hydrogen) atoms. The summed E-state index contributed by atoms with van der Waals surface area (Å²) in [4.78, 5) is 28.3. The maximum atomic E-state index is 12.5. The largest absolute Gasteiger partial charge is 0.497 e. The molecule has 1 aromatic rings. The van der Waals surface area contributed by atoms with Gasteiger partial charge in [0.1, 0.15) is 5.75 Å². The van der Waals surface area contributed by atoms with Gasteiger partial charge in [-0.15, -0.1) is 0 Å². The normalized spacial score (nSPS) is 15.2. The van der Waals surface area contributed by atoms with Crippen molar-refractivity contribution in [1.82, 2.24) is 15.1 Å². The molecule has 0 radical (unpaired) electrons. The molecule has 2 rings (SSSR count). The Labute approximate surface area is 143 Å². The van der Waals surface area contributed by atoms with Crippen LogP contribution in [0, 0.1) is 0 Å². The van der Waals surface area contributed by atoms with E-state index in [1.165, 1.54) is 0 Å². The van der Waals surface area contributed by atoms with Gasteiger partial charge in [-0.1, -0.05) is 13.3 Å². The van der Waals surface area contributed by atoms with Gasteiger partial charge in [0.2, 0.25) is 5.91 Å². The third-order valence-electron chi connectivity index (χ3n) is 4.22. The van der Waals surface area contributed by atoms with Crippen molar-refractivity contribution in [3.8, 4) is 5.75 Å². The van der Waals surface area contributed by atoms with Crippen LogP contribution in [-0.2, 0) is 4.79 Å². The van der Waals surface area contributed by atoms with Crippen LogP contribution in [-0.4, -0.2) is 68.0 Å². The van der Waals surface area contributed by atoms with Crippen LogP contribution < -0.4 is 10.1 Å². The van der Waals surface area contributed by atoms with Gasteiger partial charge >= 0.3 is 0 Å². The first-order valence-electron chi connectivity index (χ1n) is 8.56. The Morgan fingerprint density at radius 1 is 1.12 bits per heavy atom. The van der Waals surface area contributed by atoms with E-state index in [-0.39, 0.29) is 11.8 Å². The second-order valence-electron chi connectivity index (χ2n) is 6.00. The van der Waals surface area contributed by atoms with Crippen LogP contribution in [0.3, 0.4) is 0 Å². The number of carbonyl (C=O) groups excluding carboxylic acids is 2. The number of methoxy groups -OCH3 is 1. The summed E-state index contributed by atoms with van der Waals surface area (Å²) in [7, 11) is 1.61. The Hall–Kier alpha value is -2.08. The molecule has 6 heteroatoms. The fourth-order valence-corrected chi connectivity index (χ4v) is 2.69. The quantitative estimate of drug-likeness (QED) is 0.766. The molecule has 2 amide bonds. The predicted molar refractivity (Wildman–Crippen MR) is 93.3 cm³/mol. The fourth-order valence-electron chi connectivity index (χ4n) is 2.69. The average molecular weight is 333 g/mol.